The van der Waals surface area contributed by atoms with Crippen molar-refractivity contribution in [3.05, 3.63) is 82.5 Å². The van der Waals surface area contributed by atoms with E-state index in [9.17, 15) is 17.6 Å². The fourth-order valence-electron chi connectivity index (χ4n) is 2.52. The van der Waals surface area contributed by atoms with Gasteiger partial charge in [-0.3, -0.25) is 9.78 Å². The minimum absolute atomic E-state index is 0.115. The van der Waals surface area contributed by atoms with Gasteiger partial charge in [-0.15, -0.1) is 0 Å². The lowest BCUT2D eigenvalue weighted by atomic mass is 10.2. The number of halogens is 2. The molecule has 0 bridgehead atoms. The van der Waals surface area contributed by atoms with Crippen molar-refractivity contribution in [1.82, 2.24) is 20.0 Å². The number of hydrogen-bond donors (Lipinski definition) is 2. The Hall–Kier alpha value is -3.08. The molecular weight excluding hydrogens is 447 g/mol. The van der Waals surface area contributed by atoms with Gasteiger partial charge in [-0.05, 0) is 42.0 Å². The first-order valence-electron chi connectivity index (χ1n) is 8.95. The van der Waals surface area contributed by atoms with Crippen molar-refractivity contribution in [1.29, 1.82) is 0 Å². The molecule has 0 spiro atoms. The van der Waals surface area contributed by atoms with Crippen molar-refractivity contribution in [3.8, 4) is 5.88 Å². The molecule has 0 aliphatic heterocycles. The Kier molecular flexibility index (Phi) is 7.16. The molecule has 162 valence electrons. The highest BCUT2D eigenvalue weighted by Gasteiger charge is 2.16. The van der Waals surface area contributed by atoms with E-state index in [1.165, 1.54) is 25.4 Å². The number of pyridine rings is 2. The quantitative estimate of drug-likeness (QED) is 0.530. The van der Waals surface area contributed by atoms with Crippen molar-refractivity contribution < 1.29 is 22.3 Å². The van der Waals surface area contributed by atoms with Crippen LogP contribution in [-0.2, 0) is 23.1 Å². The molecule has 11 heteroatoms. The largest absolute Gasteiger partial charge is 0.481 e. The second kappa shape index (κ2) is 9.82. The average molecular weight is 465 g/mol. The van der Waals surface area contributed by atoms with Gasteiger partial charge >= 0.3 is 0 Å². The summed E-state index contributed by atoms with van der Waals surface area (Å²) < 4.78 is 45.2. The van der Waals surface area contributed by atoms with Gasteiger partial charge in [-0.25, -0.2) is 22.5 Å². The lowest BCUT2D eigenvalue weighted by molar-refractivity contribution is 0.0950. The molecule has 31 heavy (non-hydrogen) atoms. The zero-order chi connectivity index (χ0) is 22.4. The van der Waals surface area contributed by atoms with E-state index in [-0.39, 0.29) is 28.9 Å². The van der Waals surface area contributed by atoms with Crippen LogP contribution in [0.1, 0.15) is 21.6 Å². The number of aromatic nitrogens is 2. The molecule has 1 amide bonds. The van der Waals surface area contributed by atoms with E-state index < -0.39 is 15.8 Å². The van der Waals surface area contributed by atoms with Gasteiger partial charge < -0.3 is 10.1 Å². The minimum atomic E-state index is -3.90. The predicted octanol–water partition coefficient (Wildman–Crippen LogP) is 2.69. The summed E-state index contributed by atoms with van der Waals surface area (Å²) in [6, 6.07) is 9.65. The van der Waals surface area contributed by atoms with Crippen molar-refractivity contribution in [2.75, 3.05) is 7.11 Å². The van der Waals surface area contributed by atoms with Crippen LogP contribution in [0.2, 0.25) is 5.02 Å². The van der Waals surface area contributed by atoms with E-state index in [2.05, 4.69) is 20.0 Å². The van der Waals surface area contributed by atoms with Crippen LogP contribution in [0.25, 0.3) is 0 Å². The Morgan fingerprint density at radius 2 is 1.94 bits per heavy atom. The van der Waals surface area contributed by atoms with Gasteiger partial charge in [0.1, 0.15) is 5.82 Å². The number of ether oxygens (including phenoxy) is 1. The highest BCUT2D eigenvalue weighted by molar-refractivity contribution is 7.89. The Morgan fingerprint density at radius 3 is 2.61 bits per heavy atom. The third-order valence-corrected chi connectivity index (χ3v) is 5.88. The van der Waals surface area contributed by atoms with E-state index in [4.69, 9.17) is 16.3 Å². The number of carbonyl (C=O) groups is 1. The van der Waals surface area contributed by atoms with Crippen molar-refractivity contribution >= 4 is 27.5 Å². The molecule has 0 aliphatic rings. The maximum absolute atomic E-state index is 13.2. The highest BCUT2D eigenvalue weighted by atomic mass is 35.5. The molecular formula is C20H18ClFN4O4S. The Balaban J connectivity index is 1.58. The lowest BCUT2D eigenvalue weighted by Crippen LogP contribution is -2.25. The smallest absolute Gasteiger partial charge is 0.253 e. The SMILES string of the molecule is COc1cc(CNC(=O)c2ccc(CNS(=O)(=O)c3ccc(F)c(Cl)c3)nc2)ccn1. The number of nitrogens with zero attached hydrogens (tertiary/aromatic N) is 2. The number of amides is 1. The van der Waals surface area contributed by atoms with E-state index in [0.29, 0.717) is 17.1 Å². The predicted molar refractivity (Wildman–Crippen MR) is 112 cm³/mol. The topological polar surface area (TPSA) is 110 Å². The molecule has 0 saturated carbocycles. The van der Waals surface area contributed by atoms with Crippen LogP contribution >= 0.6 is 11.6 Å². The van der Waals surface area contributed by atoms with Gasteiger partial charge in [0, 0.05) is 25.0 Å². The Bertz CT molecular complexity index is 1190. The normalized spacial score (nSPS) is 11.2. The molecule has 0 atom stereocenters. The van der Waals surface area contributed by atoms with Gasteiger partial charge in [-0.1, -0.05) is 11.6 Å². The zero-order valence-corrected chi connectivity index (χ0v) is 17.9. The van der Waals surface area contributed by atoms with Crippen LogP contribution in [0, 0.1) is 5.82 Å². The molecule has 8 nitrogen and oxygen atoms in total. The fourth-order valence-corrected chi connectivity index (χ4v) is 3.79. The fraction of sp³-hybridized carbons (Fsp3) is 0.150. The standard InChI is InChI=1S/C20H18ClFN4O4S/c1-30-19-8-13(6-7-23-19)10-25-20(27)14-2-3-15(24-11-14)12-26-31(28,29)16-4-5-18(22)17(21)9-16/h2-9,11,26H,10,12H2,1H3,(H,25,27). The second-order valence-corrected chi connectivity index (χ2v) is 8.50. The van der Waals surface area contributed by atoms with Crippen LogP contribution in [0.5, 0.6) is 5.88 Å². The number of carbonyl (C=O) groups excluding carboxylic acids is 1. The maximum atomic E-state index is 13.2. The molecule has 1 aromatic carbocycles. The van der Waals surface area contributed by atoms with Crippen molar-refractivity contribution in [2.24, 2.45) is 0 Å². The summed E-state index contributed by atoms with van der Waals surface area (Å²) in [5, 5.41) is 2.47. The first-order chi connectivity index (χ1) is 14.8. The van der Waals surface area contributed by atoms with Gasteiger partial charge in [0.2, 0.25) is 15.9 Å². The number of methoxy groups -OCH3 is 1. The number of hydrogen-bond acceptors (Lipinski definition) is 6. The van der Waals surface area contributed by atoms with E-state index >= 15 is 0 Å². The van der Waals surface area contributed by atoms with Crippen LogP contribution in [0.4, 0.5) is 4.39 Å². The van der Waals surface area contributed by atoms with Gasteiger partial charge in [0.25, 0.3) is 5.91 Å². The minimum Gasteiger partial charge on any atom is -0.481 e. The van der Waals surface area contributed by atoms with E-state index in [1.54, 1.807) is 18.3 Å². The third kappa shape index (κ3) is 5.97. The molecule has 3 rings (SSSR count). The first kappa shape index (κ1) is 22.6. The molecule has 0 radical (unpaired) electrons. The molecule has 2 heterocycles. The number of rotatable bonds is 8. The van der Waals surface area contributed by atoms with Crippen molar-refractivity contribution in [2.45, 2.75) is 18.0 Å². The molecule has 0 fully saturated rings. The van der Waals surface area contributed by atoms with Crippen molar-refractivity contribution in [3.63, 3.8) is 0 Å². The van der Waals surface area contributed by atoms with Gasteiger partial charge in [-0.2, -0.15) is 0 Å². The summed E-state index contributed by atoms with van der Waals surface area (Å²) in [5.74, 6) is -0.598. The molecule has 3 aromatic rings. The molecule has 0 aliphatic carbocycles. The van der Waals surface area contributed by atoms with E-state index in [0.717, 1.165) is 23.8 Å². The highest BCUT2D eigenvalue weighted by Crippen LogP contribution is 2.19. The van der Waals surface area contributed by atoms with Crippen LogP contribution < -0.4 is 14.8 Å². The monoisotopic (exact) mass is 464 g/mol. The van der Waals surface area contributed by atoms with Gasteiger partial charge in [0.05, 0.1) is 34.8 Å². The molecule has 2 N–H and O–H groups in total. The van der Waals surface area contributed by atoms with Crippen LogP contribution in [0.15, 0.2) is 59.8 Å². The summed E-state index contributed by atoms with van der Waals surface area (Å²) in [7, 11) is -2.40. The summed E-state index contributed by atoms with van der Waals surface area (Å²) in [5.41, 5.74) is 1.53. The Morgan fingerprint density at radius 1 is 1.13 bits per heavy atom. The summed E-state index contributed by atoms with van der Waals surface area (Å²) in [4.78, 5) is 20.2. The Labute approximate surface area is 183 Å². The maximum Gasteiger partial charge on any atom is 0.253 e. The number of sulfonamides is 1. The summed E-state index contributed by atoms with van der Waals surface area (Å²) in [6.07, 6.45) is 2.93. The van der Waals surface area contributed by atoms with Gasteiger partial charge in [0.15, 0.2) is 0 Å². The van der Waals surface area contributed by atoms with Crippen LogP contribution in [-0.4, -0.2) is 31.4 Å². The average Bonchev–Trinajstić information content (AvgIpc) is 2.78. The zero-order valence-electron chi connectivity index (χ0n) is 16.3. The summed E-state index contributed by atoms with van der Waals surface area (Å²) >= 11 is 5.64. The number of benzene rings is 1. The van der Waals surface area contributed by atoms with Crippen LogP contribution in [0.3, 0.4) is 0 Å². The molecule has 2 aromatic heterocycles. The number of nitrogens with one attached hydrogen (secondary N) is 2. The van der Waals surface area contributed by atoms with E-state index in [1.807, 2.05) is 0 Å². The third-order valence-electron chi connectivity index (χ3n) is 4.19. The lowest BCUT2D eigenvalue weighted by Gasteiger charge is -2.08. The molecule has 0 saturated heterocycles. The summed E-state index contributed by atoms with van der Waals surface area (Å²) in [6.45, 7) is 0.162. The molecule has 0 unspecified atom stereocenters. The second-order valence-electron chi connectivity index (χ2n) is 6.33. The first-order valence-corrected chi connectivity index (χ1v) is 10.8.